The fraction of sp³-hybridized carbons (Fsp3) is 0.526. The van der Waals surface area contributed by atoms with Crippen LogP contribution in [0.3, 0.4) is 0 Å². The number of benzene rings is 1. The highest BCUT2D eigenvalue weighted by Crippen LogP contribution is 2.28. The minimum absolute atomic E-state index is 0.0224. The molecule has 0 aliphatic heterocycles. The lowest BCUT2D eigenvalue weighted by atomic mass is 9.91. The quantitative estimate of drug-likeness (QED) is 0.791. The van der Waals surface area contributed by atoms with Crippen molar-refractivity contribution >= 4 is 5.91 Å². The maximum atomic E-state index is 12.6. The van der Waals surface area contributed by atoms with Crippen LogP contribution in [0.15, 0.2) is 30.9 Å². The Morgan fingerprint density at radius 3 is 2.81 bits per heavy atom. The topological polar surface area (TPSA) is 95.1 Å². The second kappa shape index (κ2) is 8.80. The van der Waals surface area contributed by atoms with Crippen molar-refractivity contribution in [3.63, 3.8) is 0 Å². The molecule has 7 nitrogen and oxygen atoms in total. The zero-order valence-corrected chi connectivity index (χ0v) is 15.2. The summed E-state index contributed by atoms with van der Waals surface area (Å²) >= 11 is 0. The SMILES string of the molecule is COc1ccc(C(=O)NC2CCC(n3cncn3)CC2)cc1CCCN. The van der Waals surface area contributed by atoms with E-state index in [0.29, 0.717) is 18.2 Å². The summed E-state index contributed by atoms with van der Waals surface area (Å²) in [6.45, 7) is 0.620. The Bertz CT molecular complexity index is 709. The van der Waals surface area contributed by atoms with Crippen LogP contribution < -0.4 is 15.8 Å². The van der Waals surface area contributed by atoms with Gasteiger partial charge in [0, 0.05) is 11.6 Å². The molecule has 140 valence electrons. The first-order chi connectivity index (χ1) is 12.7. The molecule has 1 aromatic carbocycles. The second-order valence-corrected chi connectivity index (χ2v) is 6.77. The maximum absolute atomic E-state index is 12.6. The summed E-state index contributed by atoms with van der Waals surface area (Å²) in [5, 5.41) is 7.39. The van der Waals surface area contributed by atoms with Gasteiger partial charge in [-0.1, -0.05) is 0 Å². The second-order valence-electron chi connectivity index (χ2n) is 6.77. The van der Waals surface area contributed by atoms with Crippen molar-refractivity contribution in [1.29, 1.82) is 0 Å². The van der Waals surface area contributed by atoms with Crippen molar-refractivity contribution in [1.82, 2.24) is 20.1 Å². The molecule has 0 saturated heterocycles. The predicted molar refractivity (Wildman–Crippen MR) is 99.2 cm³/mol. The van der Waals surface area contributed by atoms with E-state index in [1.54, 1.807) is 19.8 Å². The normalized spacial score (nSPS) is 19.9. The minimum Gasteiger partial charge on any atom is -0.496 e. The third kappa shape index (κ3) is 4.40. The Morgan fingerprint density at radius 1 is 1.35 bits per heavy atom. The van der Waals surface area contributed by atoms with Crippen LogP contribution in [-0.4, -0.2) is 40.4 Å². The first kappa shape index (κ1) is 18.4. The van der Waals surface area contributed by atoms with E-state index in [9.17, 15) is 4.79 Å². The van der Waals surface area contributed by atoms with E-state index in [-0.39, 0.29) is 11.9 Å². The molecular weight excluding hydrogens is 330 g/mol. The van der Waals surface area contributed by atoms with Crippen LogP contribution in [0.5, 0.6) is 5.75 Å². The summed E-state index contributed by atoms with van der Waals surface area (Å²) in [5.41, 5.74) is 7.31. The average Bonchev–Trinajstić information content (AvgIpc) is 3.21. The van der Waals surface area contributed by atoms with Crippen LogP contribution >= 0.6 is 0 Å². The van der Waals surface area contributed by atoms with Gasteiger partial charge in [-0.05, 0) is 68.8 Å². The monoisotopic (exact) mass is 357 g/mol. The highest BCUT2D eigenvalue weighted by molar-refractivity contribution is 5.94. The van der Waals surface area contributed by atoms with Crippen molar-refractivity contribution in [2.45, 2.75) is 50.6 Å². The van der Waals surface area contributed by atoms with E-state index in [0.717, 1.165) is 49.8 Å². The molecule has 26 heavy (non-hydrogen) atoms. The predicted octanol–water partition coefficient (Wildman–Crippen LogP) is 2.09. The standard InChI is InChI=1S/C19H27N5O2/c1-26-18-9-4-15(11-14(18)3-2-10-20)19(25)23-16-5-7-17(8-6-16)24-13-21-12-22-24/h4,9,11-13,16-17H,2-3,5-8,10,20H2,1H3,(H,23,25). The molecular formula is C19H27N5O2. The number of nitrogens with zero attached hydrogens (tertiary/aromatic N) is 3. The van der Waals surface area contributed by atoms with Crippen molar-refractivity contribution in [3.8, 4) is 5.75 Å². The lowest BCUT2D eigenvalue weighted by Crippen LogP contribution is -2.38. The van der Waals surface area contributed by atoms with Gasteiger partial charge in [0.05, 0.1) is 13.2 Å². The van der Waals surface area contributed by atoms with Crippen LogP contribution in [0.4, 0.5) is 0 Å². The number of nitrogens with two attached hydrogens (primary N) is 1. The number of hydrogen-bond donors (Lipinski definition) is 2. The zero-order valence-electron chi connectivity index (χ0n) is 15.2. The van der Waals surface area contributed by atoms with E-state index in [2.05, 4.69) is 15.4 Å². The van der Waals surface area contributed by atoms with E-state index < -0.39 is 0 Å². The molecule has 1 aromatic heterocycles. The number of rotatable bonds is 7. The van der Waals surface area contributed by atoms with Crippen LogP contribution in [0.1, 0.15) is 54.1 Å². The van der Waals surface area contributed by atoms with Crippen molar-refractivity contribution in [2.75, 3.05) is 13.7 Å². The maximum Gasteiger partial charge on any atom is 0.251 e. The summed E-state index contributed by atoms with van der Waals surface area (Å²) < 4.78 is 7.31. The van der Waals surface area contributed by atoms with Gasteiger partial charge in [0.1, 0.15) is 18.4 Å². The molecule has 0 spiro atoms. The number of carbonyl (C=O) groups excluding carboxylic acids is 1. The van der Waals surface area contributed by atoms with Gasteiger partial charge in [-0.2, -0.15) is 5.10 Å². The van der Waals surface area contributed by atoms with Gasteiger partial charge in [-0.15, -0.1) is 0 Å². The van der Waals surface area contributed by atoms with E-state index in [1.165, 1.54) is 0 Å². The molecule has 0 bridgehead atoms. The van der Waals surface area contributed by atoms with E-state index >= 15 is 0 Å². The number of carbonyl (C=O) groups is 1. The van der Waals surface area contributed by atoms with Gasteiger partial charge in [-0.3, -0.25) is 4.79 Å². The van der Waals surface area contributed by atoms with Crippen molar-refractivity contribution in [3.05, 3.63) is 42.0 Å². The highest BCUT2D eigenvalue weighted by atomic mass is 16.5. The van der Waals surface area contributed by atoms with Crippen LogP contribution in [-0.2, 0) is 6.42 Å². The number of methoxy groups -OCH3 is 1. The molecule has 1 fully saturated rings. The first-order valence-corrected chi connectivity index (χ1v) is 9.23. The fourth-order valence-electron chi connectivity index (χ4n) is 3.57. The molecule has 1 saturated carbocycles. The molecule has 0 unspecified atom stereocenters. The molecule has 1 aliphatic carbocycles. The van der Waals surface area contributed by atoms with Gasteiger partial charge in [0.15, 0.2) is 0 Å². The third-order valence-electron chi connectivity index (χ3n) is 5.04. The molecule has 1 heterocycles. The molecule has 1 aliphatic rings. The Labute approximate surface area is 153 Å². The lowest BCUT2D eigenvalue weighted by molar-refractivity contribution is 0.0921. The summed E-state index contributed by atoms with van der Waals surface area (Å²) in [7, 11) is 1.65. The summed E-state index contributed by atoms with van der Waals surface area (Å²) in [4.78, 5) is 16.7. The third-order valence-corrected chi connectivity index (χ3v) is 5.04. The molecule has 0 atom stereocenters. The first-order valence-electron chi connectivity index (χ1n) is 9.23. The van der Waals surface area contributed by atoms with Gasteiger partial charge < -0.3 is 15.8 Å². The Balaban J connectivity index is 1.58. The number of nitrogens with one attached hydrogen (secondary N) is 1. The number of hydrogen-bond acceptors (Lipinski definition) is 5. The highest BCUT2D eigenvalue weighted by Gasteiger charge is 2.24. The zero-order chi connectivity index (χ0) is 18.4. The van der Waals surface area contributed by atoms with Crippen LogP contribution in [0, 0.1) is 0 Å². The summed E-state index contributed by atoms with van der Waals surface area (Å²) in [6, 6.07) is 6.19. The van der Waals surface area contributed by atoms with Gasteiger partial charge >= 0.3 is 0 Å². The Hall–Kier alpha value is -2.41. The minimum atomic E-state index is -0.0224. The van der Waals surface area contributed by atoms with Gasteiger partial charge in [-0.25, -0.2) is 9.67 Å². The smallest absolute Gasteiger partial charge is 0.251 e. The van der Waals surface area contributed by atoms with E-state index in [4.69, 9.17) is 10.5 Å². The molecule has 2 aromatic rings. The van der Waals surface area contributed by atoms with Crippen LogP contribution in [0.25, 0.3) is 0 Å². The number of amides is 1. The summed E-state index contributed by atoms with van der Waals surface area (Å²) in [5.74, 6) is 0.786. The molecule has 3 N–H and O–H groups in total. The molecule has 1 amide bonds. The number of aryl methyl sites for hydroxylation is 1. The Morgan fingerprint density at radius 2 is 2.15 bits per heavy atom. The molecule has 7 heteroatoms. The molecule has 0 radical (unpaired) electrons. The van der Waals surface area contributed by atoms with Gasteiger partial charge in [0.25, 0.3) is 5.91 Å². The van der Waals surface area contributed by atoms with Crippen LogP contribution in [0.2, 0.25) is 0 Å². The largest absolute Gasteiger partial charge is 0.496 e. The van der Waals surface area contributed by atoms with Crippen molar-refractivity contribution < 1.29 is 9.53 Å². The van der Waals surface area contributed by atoms with Crippen molar-refractivity contribution in [2.24, 2.45) is 5.73 Å². The Kier molecular flexibility index (Phi) is 6.22. The number of ether oxygens (including phenoxy) is 1. The van der Waals surface area contributed by atoms with Gasteiger partial charge in [0.2, 0.25) is 0 Å². The number of aromatic nitrogens is 3. The summed E-state index contributed by atoms with van der Waals surface area (Å²) in [6.07, 6.45) is 8.91. The average molecular weight is 357 g/mol. The molecule has 3 rings (SSSR count). The fourth-order valence-corrected chi connectivity index (χ4v) is 3.57. The van der Waals surface area contributed by atoms with E-state index in [1.807, 2.05) is 22.9 Å². The lowest BCUT2D eigenvalue weighted by Gasteiger charge is -2.29.